The van der Waals surface area contributed by atoms with Crippen molar-refractivity contribution in [1.29, 1.82) is 0 Å². The normalized spacial score (nSPS) is 11.6. The molecule has 0 bridgehead atoms. The fourth-order valence-electron chi connectivity index (χ4n) is 1.14. The molecule has 11 heteroatoms. The van der Waals surface area contributed by atoms with Crippen LogP contribution in [-0.2, 0) is 0 Å². The Balaban J connectivity index is 2.90. The van der Waals surface area contributed by atoms with Gasteiger partial charge in [-0.25, -0.2) is 0 Å². The predicted molar refractivity (Wildman–Crippen MR) is 62.5 cm³/mol. The second kappa shape index (κ2) is 5.95. The third-order valence-corrected chi connectivity index (χ3v) is 1.99. The number of nitro benzene ring substituents is 2. The van der Waals surface area contributed by atoms with Crippen LogP contribution in [-0.4, -0.2) is 22.2 Å². The van der Waals surface area contributed by atoms with Crippen molar-refractivity contribution >= 4 is 23.3 Å². The van der Waals surface area contributed by atoms with Crippen LogP contribution in [0.1, 0.15) is 6.42 Å². The number of anilines is 1. The monoisotopic (exact) mass is 292 g/mol. The Morgan fingerprint density at radius 1 is 1.25 bits per heavy atom. The number of nitrogens with one attached hydrogen (secondary N) is 1. The molecule has 0 radical (unpaired) electrons. The molecule has 0 aliphatic carbocycles. The summed E-state index contributed by atoms with van der Waals surface area (Å²) in [5.41, 5.74) is 0.612. The van der Waals surface area contributed by atoms with E-state index in [1.807, 2.05) is 5.43 Å². The number of hydrogen-bond acceptors (Lipinski definition) is 6. The molecule has 0 fully saturated rings. The van der Waals surface area contributed by atoms with Crippen LogP contribution in [0.15, 0.2) is 23.3 Å². The van der Waals surface area contributed by atoms with Crippen LogP contribution in [0.5, 0.6) is 0 Å². The smallest absolute Gasteiger partial charge is 0.272 e. The van der Waals surface area contributed by atoms with Gasteiger partial charge in [0.05, 0.1) is 22.3 Å². The fourth-order valence-corrected chi connectivity index (χ4v) is 1.14. The van der Waals surface area contributed by atoms with E-state index in [4.69, 9.17) is 0 Å². The molecule has 20 heavy (non-hydrogen) atoms. The number of hydrogen-bond donors (Lipinski definition) is 1. The van der Waals surface area contributed by atoms with Gasteiger partial charge in [-0.1, -0.05) is 0 Å². The Kier molecular flexibility index (Phi) is 4.56. The quantitative estimate of drug-likeness (QED) is 0.509. The molecule has 1 N–H and O–H groups in total. The standard InChI is InChI=1S/C9H7F3N4O4/c10-9(11,12)3-4-13-14-7-2-1-6(15(17)18)5-8(7)16(19)20/h1-2,4-5,14H,3H2/b13-4+. The molecule has 1 aromatic rings. The molecule has 0 saturated carbocycles. The molecule has 1 aromatic carbocycles. The molecule has 8 nitrogen and oxygen atoms in total. The second-order valence-electron chi connectivity index (χ2n) is 3.46. The average Bonchev–Trinajstić information content (AvgIpc) is 2.33. The second-order valence-corrected chi connectivity index (χ2v) is 3.46. The van der Waals surface area contributed by atoms with Crippen molar-refractivity contribution < 1.29 is 23.0 Å². The van der Waals surface area contributed by atoms with Crippen molar-refractivity contribution in [2.24, 2.45) is 5.10 Å². The molecule has 0 heterocycles. The maximum Gasteiger partial charge on any atom is 0.394 e. The molecule has 0 saturated heterocycles. The van der Waals surface area contributed by atoms with Crippen LogP contribution in [0, 0.1) is 20.2 Å². The predicted octanol–water partition coefficient (Wildman–Crippen LogP) is 2.85. The average molecular weight is 292 g/mol. The van der Waals surface area contributed by atoms with Crippen LogP contribution in [0.25, 0.3) is 0 Å². The maximum atomic E-state index is 11.8. The van der Waals surface area contributed by atoms with E-state index >= 15 is 0 Å². The van der Waals surface area contributed by atoms with Gasteiger partial charge in [-0.3, -0.25) is 25.7 Å². The lowest BCUT2D eigenvalue weighted by molar-refractivity contribution is -0.393. The van der Waals surface area contributed by atoms with Crippen LogP contribution in [0.3, 0.4) is 0 Å². The number of benzene rings is 1. The minimum absolute atomic E-state index is 0.251. The molecule has 0 aliphatic heterocycles. The van der Waals surface area contributed by atoms with Crippen LogP contribution in [0.4, 0.5) is 30.2 Å². The molecular formula is C9H7F3N4O4. The number of nitro groups is 2. The minimum atomic E-state index is -4.44. The zero-order chi connectivity index (χ0) is 15.3. The minimum Gasteiger partial charge on any atom is -0.272 e. The third-order valence-electron chi connectivity index (χ3n) is 1.99. The molecular weight excluding hydrogens is 285 g/mol. The molecule has 0 amide bonds. The van der Waals surface area contributed by atoms with Gasteiger partial charge in [0.25, 0.3) is 5.69 Å². The van der Waals surface area contributed by atoms with Crippen molar-refractivity contribution in [2.75, 3.05) is 5.43 Å². The fraction of sp³-hybridized carbons (Fsp3) is 0.222. The SMILES string of the molecule is O=[N+]([O-])c1ccc(N/N=C/CC(F)(F)F)c([N+](=O)[O-])c1. The topological polar surface area (TPSA) is 111 Å². The first kappa shape index (κ1) is 15.3. The first-order chi connectivity index (χ1) is 9.20. The Labute approximate surface area is 109 Å². The number of non-ortho nitro benzene ring substituents is 1. The summed E-state index contributed by atoms with van der Waals surface area (Å²) in [5, 5.41) is 24.3. The summed E-state index contributed by atoms with van der Waals surface area (Å²) < 4.78 is 35.5. The van der Waals surface area contributed by atoms with E-state index in [1.165, 1.54) is 0 Å². The van der Waals surface area contributed by atoms with E-state index < -0.39 is 33.8 Å². The highest BCUT2D eigenvalue weighted by Gasteiger charge is 2.25. The number of rotatable bonds is 5. The highest BCUT2D eigenvalue weighted by molar-refractivity contribution is 5.67. The third kappa shape index (κ3) is 4.51. The zero-order valence-corrected chi connectivity index (χ0v) is 9.63. The van der Waals surface area contributed by atoms with E-state index in [0.29, 0.717) is 12.3 Å². The summed E-state index contributed by atoms with van der Waals surface area (Å²) in [5.74, 6) is 0. The van der Waals surface area contributed by atoms with Gasteiger partial charge in [0.2, 0.25) is 0 Å². The number of halogens is 3. The van der Waals surface area contributed by atoms with Gasteiger partial charge in [0, 0.05) is 12.3 Å². The molecule has 0 spiro atoms. The van der Waals surface area contributed by atoms with Crippen LogP contribution >= 0.6 is 0 Å². The van der Waals surface area contributed by atoms with E-state index in [1.54, 1.807) is 0 Å². The van der Waals surface area contributed by atoms with Crippen molar-refractivity contribution in [2.45, 2.75) is 12.6 Å². The summed E-state index contributed by atoms with van der Waals surface area (Å²) in [6.45, 7) is 0. The molecule has 0 aromatic heterocycles. The Bertz CT molecular complexity index is 559. The number of hydrazone groups is 1. The van der Waals surface area contributed by atoms with Crippen molar-refractivity contribution in [3.63, 3.8) is 0 Å². The highest BCUT2D eigenvalue weighted by Crippen LogP contribution is 2.28. The summed E-state index contributed by atoms with van der Waals surface area (Å²) in [6, 6.07) is 2.64. The zero-order valence-electron chi connectivity index (χ0n) is 9.63. The van der Waals surface area contributed by atoms with Gasteiger partial charge >= 0.3 is 11.9 Å². The summed E-state index contributed by atoms with van der Waals surface area (Å²) in [7, 11) is 0. The number of alkyl halides is 3. The molecule has 0 unspecified atom stereocenters. The lowest BCUT2D eigenvalue weighted by Crippen LogP contribution is -2.08. The Hall–Kier alpha value is -2.72. The van der Waals surface area contributed by atoms with E-state index in [-0.39, 0.29) is 5.69 Å². The Morgan fingerprint density at radius 3 is 2.40 bits per heavy atom. The molecule has 1 rings (SSSR count). The van der Waals surface area contributed by atoms with Gasteiger partial charge in [0.1, 0.15) is 5.69 Å². The molecule has 0 atom stereocenters. The summed E-state index contributed by atoms with van der Waals surface area (Å²) in [6.07, 6.45) is -5.25. The van der Waals surface area contributed by atoms with Crippen LogP contribution in [0.2, 0.25) is 0 Å². The van der Waals surface area contributed by atoms with E-state index in [2.05, 4.69) is 5.10 Å². The Morgan fingerprint density at radius 2 is 1.90 bits per heavy atom. The maximum absolute atomic E-state index is 11.8. The largest absolute Gasteiger partial charge is 0.394 e. The summed E-state index contributed by atoms with van der Waals surface area (Å²) in [4.78, 5) is 19.4. The van der Waals surface area contributed by atoms with Gasteiger partial charge in [-0.2, -0.15) is 18.3 Å². The van der Waals surface area contributed by atoms with Crippen molar-refractivity contribution in [1.82, 2.24) is 0 Å². The van der Waals surface area contributed by atoms with Crippen molar-refractivity contribution in [3.05, 3.63) is 38.4 Å². The van der Waals surface area contributed by atoms with Gasteiger partial charge < -0.3 is 0 Å². The molecule has 0 aliphatic rings. The lowest BCUT2D eigenvalue weighted by Gasteiger charge is -2.03. The van der Waals surface area contributed by atoms with Gasteiger partial charge in [-0.15, -0.1) is 0 Å². The molecule has 108 valence electrons. The summed E-state index contributed by atoms with van der Waals surface area (Å²) >= 11 is 0. The first-order valence-corrected chi connectivity index (χ1v) is 4.98. The number of nitrogens with zero attached hydrogens (tertiary/aromatic N) is 3. The van der Waals surface area contributed by atoms with Gasteiger partial charge in [0.15, 0.2) is 0 Å². The van der Waals surface area contributed by atoms with E-state index in [0.717, 1.165) is 12.1 Å². The van der Waals surface area contributed by atoms with Crippen LogP contribution < -0.4 is 5.43 Å². The van der Waals surface area contributed by atoms with Crippen molar-refractivity contribution in [3.8, 4) is 0 Å². The lowest BCUT2D eigenvalue weighted by atomic mass is 10.2. The van der Waals surface area contributed by atoms with Gasteiger partial charge in [-0.05, 0) is 6.07 Å². The first-order valence-electron chi connectivity index (χ1n) is 4.98. The van der Waals surface area contributed by atoms with E-state index in [9.17, 15) is 33.4 Å². The highest BCUT2D eigenvalue weighted by atomic mass is 19.4.